The van der Waals surface area contributed by atoms with Crippen molar-refractivity contribution in [2.75, 3.05) is 13.7 Å². The van der Waals surface area contributed by atoms with E-state index in [4.69, 9.17) is 30.3 Å². The molecule has 0 aliphatic rings. The second-order valence-corrected chi connectivity index (χ2v) is 5.99. The van der Waals surface area contributed by atoms with Crippen molar-refractivity contribution in [1.82, 2.24) is 5.16 Å². The number of methoxy groups -OCH3 is 1. The third-order valence-corrected chi connectivity index (χ3v) is 3.63. The van der Waals surface area contributed by atoms with Gasteiger partial charge in [0.25, 0.3) is 0 Å². The number of esters is 1. The Morgan fingerprint density at radius 1 is 1.35 bits per heavy atom. The van der Waals surface area contributed by atoms with Gasteiger partial charge in [-0.05, 0) is 37.6 Å². The van der Waals surface area contributed by atoms with Gasteiger partial charge in [0.15, 0.2) is 11.5 Å². The molecule has 0 saturated carbocycles. The molecular weight excluding hydrogens is 358 g/mol. The summed E-state index contributed by atoms with van der Waals surface area (Å²) in [6, 6.07) is 5.32. The third kappa shape index (κ3) is 5.39. The number of carbonyl (C=O) groups excluding carboxylic acids is 1. The molecule has 26 heavy (non-hydrogen) atoms. The summed E-state index contributed by atoms with van der Waals surface area (Å²) in [5, 5.41) is 4.16. The minimum absolute atomic E-state index is 0.0253. The molecule has 0 saturated heterocycles. The highest BCUT2D eigenvalue weighted by Crippen LogP contribution is 2.30. The average Bonchev–Trinajstić information content (AvgIpc) is 2.94. The number of nitrogens with zero attached hydrogens (tertiary/aromatic N) is 1. The molecule has 0 aliphatic carbocycles. The van der Waals surface area contributed by atoms with E-state index in [2.05, 4.69) is 11.7 Å². The van der Waals surface area contributed by atoms with Gasteiger partial charge in [-0.15, -0.1) is 0 Å². The van der Waals surface area contributed by atoms with Crippen molar-refractivity contribution in [3.63, 3.8) is 0 Å². The van der Waals surface area contributed by atoms with Crippen molar-refractivity contribution in [3.05, 3.63) is 58.5 Å². The van der Waals surface area contributed by atoms with Crippen LogP contribution in [-0.2, 0) is 16.1 Å². The van der Waals surface area contributed by atoms with E-state index in [1.807, 2.05) is 13.8 Å². The van der Waals surface area contributed by atoms with Crippen LogP contribution in [0.2, 0.25) is 0 Å². The second-order valence-electron chi connectivity index (χ2n) is 5.46. The summed E-state index contributed by atoms with van der Waals surface area (Å²) < 4.78 is 21.2. The first-order valence-corrected chi connectivity index (χ1v) is 8.19. The Hall–Kier alpha value is -2.73. The third-order valence-electron chi connectivity index (χ3n) is 3.52. The molecule has 2 rings (SSSR count). The van der Waals surface area contributed by atoms with E-state index in [-0.39, 0.29) is 11.6 Å². The molecule has 0 N–H and O–H groups in total. The highest BCUT2D eigenvalue weighted by atomic mass is 35.5. The number of carbonyl (C=O) groups is 1. The van der Waals surface area contributed by atoms with Gasteiger partial charge in [0.1, 0.15) is 19.0 Å². The lowest BCUT2D eigenvalue weighted by Crippen LogP contribution is -2.01. The zero-order chi connectivity index (χ0) is 19.1. The van der Waals surface area contributed by atoms with Gasteiger partial charge in [-0.25, -0.2) is 4.79 Å². The van der Waals surface area contributed by atoms with Gasteiger partial charge in [0.05, 0.1) is 18.4 Å². The molecular formula is C19H20ClNO5. The number of rotatable bonds is 8. The van der Waals surface area contributed by atoms with Crippen LogP contribution in [0.4, 0.5) is 0 Å². The summed E-state index contributed by atoms with van der Waals surface area (Å²) in [6.07, 6.45) is 2.92. The highest BCUT2D eigenvalue weighted by Gasteiger charge is 2.12. The van der Waals surface area contributed by atoms with Gasteiger partial charge in [-0.3, -0.25) is 0 Å². The van der Waals surface area contributed by atoms with E-state index in [0.717, 1.165) is 22.6 Å². The van der Waals surface area contributed by atoms with E-state index in [9.17, 15) is 4.79 Å². The fraction of sp³-hybridized carbons (Fsp3) is 0.263. The molecule has 0 atom stereocenters. The molecule has 7 heteroatoms. The number of aryl methyl sites for hydroxylation is 2. The van der Waals surface area contributed by atoms with Gasteiger partial charge in [0, 0.05) is 11.1 Å². The summed E-state index contributed by atoms with van der Waals surface area (Å²) in [6.45, 7) is 7.44. The van der Waals surface area contributed by atoms with E-state index in [0.29, 0.717) is 18.1 Å². The van der Waals surface area contributed by atoms with Gasteiger partial charge in [0.2, 0.25) is 0 Å². The molecule has 0 aliphatic heterocycles. The van der Waals surface area contributed by atoms with Crippen LogP contribution in [0.5, 0.6) is 11.5 Å². The first kappa shape index (κ1) is 19.6. The lowest BCUT2D eigenvalue weighted by atomic mass is 10.2. The Balaban J connectivity index is 2.04. The highest BCUT2D eigenvalue weighted by molar-refractivity contribution is 6.29. The molecule has 0 bridgehead atoms. The van der Waals surface area contributed by atoms with Crippen LogP contribution in [0.3, 0.4) is 0 Å². The predicted molar refractivity (Wildman–Crippen MR) is 98.3 cm³/mol. The quantitative estimate of drug-likeness (QED) is 0.507. The maximum atomic E-state index is 11.6. The molecule has 0 spiro atoms. The summed E-state index contributed by atoms with van der Waals surface area (Å²) in [5.74, 6) is 1.33. The Morgan fingerprint density at radius 2 is 2.12 bits per heavy atom. The number of hydrogen-bond acceptors (Lipinski definition) is 6. The monoisotopic (exact) mass is 377 g/mol. The van der Waals surface area contributed by atoms with Crippen LogP contribution in [0, 0.1) is 13.8 Å². The fourth-order valence-corrected chi connectivity index (χ4v) is 2.18. The standard InChI is InChI=1S/C19H20ClNO5/c1-12(20)10-25-19(22)8-6-15-5-7-17(18(9-15)23-4)24-11-16-13(2)21-26-14(16)3/h5-9H,1,10-11H2,2-4H3/b8-6+. The summed E-state index contributed by atoms with van der Waals surface area (Å²) in [4.78, 5) is 11.6. The second kappa shape index (κ2) is 9.10. The van der Waals surface area contributed by atoms with E-state index in [1.54, 1.807) is 31.4 Å². The van der Waals surface area contributed by atoms with Crippen LogP contribution < -0.4 is 9.47 Å². The number of halogens is 1. The molecule has 1 heterocycles. The van der Waals surface area contributed by atoms with Crippen LogP contribution in [0.25, 0.3) is 6.08 Å². The SMILES string of the molecule is C=C(Cl)COC(=O)/C=C/c1ccc(OCc2c(C)noc2C)c(OC)c1. The molecule has 0 radical (unpaired) electrons. The lowest BCUT2D eigenvalue weighted by Gasteiger charge is -2.11. The van der Waals surface area contributed by atoms with Crippen LogP contribution in [0.1, 0.15) is 22.6 Å². The van der Waals surface area contributed by atoms with Crippen LogP contribution in [-0.4, -0.2) is 24.8 Å². The maximum absolute atomic E-state index is 11.6. The van der Waals surface area contributed by atoms with E-state index in [1.165, 1.54) is 6.08 Å². The Kier molecular flexibility index (Phi) is 6.86. The maximum Gasteiger partial charge on any atom is 0.331 e. The van der Waals surface area contributed by atoms with E-state index >= 15 is 0 Å². The minimum Gasteiger partial charge on any atom is -0.493 e. The van der Waals surface area contributed by atoms with Crippen molar-refractivity contribution in [1.29, 1.82) is 0 Å². The number of benzene rings is 1. The van der Waals surface area contributed by atoms with Crippen molar-refractivity contribution in [3.8, 4) is 11.5 Å². The summed E-state index contributed by atoms with van der Waals surface area (Å²) in [5.41, 5.74) is 2.45. The van der Waals surface area contributed by atoms with Gasteiger partial charge < -0.3 is 18.7 Å². The van der Waals surface area contributed by atoms with Crippen molar-refractivity contribution >= 4 is 23.6 Å². The molecule has 2 aromatic rings. The molecule has 6 nitrogen and oxygen atoms in total. The Morgan fingerprint density at radius 3 is 2.73 bits per heavy atom. The zero-order valence-corrected chi connectivity index (χ0v) is 15.6. The topological polar surface area (TPSA) is 70.8 Å². The minimum atomic E-state index is -0.510. The molecule has 0 amide bonds. The molecule has 1 aromatic carbocycles. The van der Waals surface area contributed by atoms with Crippen molar-refractivity contribution < 1.29 is 23.5 Å². The normalized spacial score (nSPS) is 10.8. The molecule has 0 unspecified atom stereocenters. The van der Waals surface area contributed by atoms with Gasteiger partial charge in [-0.2, -0.15) is 0 Å². The summed E-state index contributed by atoms with van der Waals surface area (Å²) >= 11 is 5.55. The summed E-state index contributed by atoms with van der Waals surface area (Å²) in [7, 11) is 1.55. The molecule has 1 aromatic heterocycles. The Labute approximate surface area is 157 Å². The smallest absolute Gasteiger partial charge is 0.331 e. The lowest BCUT2D eigenvalue weighted by molar-refractivity contribution is -0.136. The number of hydrogen-bond donors (Lipinski definition) is 0. The predicted octanol–water partition coefficient (Wildman–Crippen LogP) is 4.19. The zero-order valence-electron chi connectivity index (χ0n) is 14.9. The Bertz CT molecular complexity index is 806. The first-order chi connectivity index (χ1) is 12.4. The van der Waals surface area contributed by atoms with Gasteiger partial charge >= 0.3 is 5.97 Å². The van der Waals surface area contributed by atoms with Crippen LogP contribution in [0.15, 0.2) is 40.4 Å². The van der Waals surface area contributed by atoms with Crippen molar-refractivity contribution in [2.45, 2.75) is 20.5 Å². The fourth-order valence-electron chi connectivity index (χ4n) is 2.13. The first-order valence-electron chi connectivity index (χ1n) is 7.81. The number of aromatic nitrogens is 1. The molecule has 0 fully saturated rings. The van der Waals surface area contributed by atoms with E-state index < -0.39 is 5.97 Å². The number of ether oxygens (including phenoxy) is 3. The van der Waals surface area contributed by atoms with Gasteiger partial charge in [-0.1, -0.05) is 29.4 Å². The van der Waals surface area contributed by atoms with Crippen LogP contribution >= 0.6 is 11.6 Å². The average molecular weight is 378 g/mol. The largest absolute Gasteiger partial charge is 0.493 e. The molecule has 138 valence electrons. The van der Waals surface area contributed by atoms with Crippen molar-refractivity contribution in [2.24, 2.45) is 0 Å².